The Hall–Kier alpha value is -1.42. The van der Waals surface area contributed by atoms with Gasteiger partial charge in [0.2, 0.25) is 5.89 Å². The fourth-order valence-corrected chi connectivity index (χ4v) is 2.21. The Morgan fingerprint density at radius 2 is 2.38 bits per heavy atom. The topological polar surface area (TPSA) is 38.1 Å². The second-order valence-corrected chi connectivity index (χ2v) is 4.36. The van der Waals surface area contributed by atoms with Crippen LogP contribution in [0.5, 0.6) is 0 Å². The van der Waals surface area contributed by atoms with E-state index in [0.29, 0.717) is 17.4 Å². The highest BCUT2D eigenvalue weighted by Crippen LogP contribution is 2.30. The van der Waals surface area contributed by atoms with Crippen molar-refractivity contribution in [3.8, 4) is 0 Å². The summed E-state index contributed by atoms with van der Waals surface area (Å²) in [5, 5.41) is 3.35. The summed E-state index contributed by atoms with van der Waals surface area (Å²) >= 11 is 0. The third-order valence-corrected chi connectivity index (χ3v) is 3.17. The van der Waals surface area contributed by atoms with Crippen molar-refractivity contribution in [1.82, 2.24) is 10.3 Å². The molecule has 16 heavy (non-hydrogen) atoms. The number of benzene rings is 1. The SMILES string of the molecule is CC1CCNC1c1nc2ccc(F)cc2o1. The normalized spacial score (nSPS) is 25.4. The molecule has 1 aliphatic rings. The lowest BCUT2D eigenvalue weighted by atomic mass is 10.0. The molecule has 0 spiro atoms. The lowest BCUT2D eigenvalue weighted by Crippen LogP contribution is -2.16. The summed E-state index contributed by atoms with van der Waals surface area (Å²) in [4.78, 5) is 4.39. The molecule has 1 fully saturated rings. The number of hydrogen-bond acceptors (Lipinski definition) is 3. The number of rotatable bonds is 1. The zero-order valence-corrected chi connectivity index (χ0v) is 9.03. The van der Waals surface area contributed by atoms with Crippen LogP contribution in [0, 0.1) is 11.7 Å². The van der Waals surface area contributed by atoms with E-state index < -0.39 is 0 Å². The van der Waals surface area contributed by atoms with Crippen molar-refractivity contribution in [1.29, 1.82) is 0 Å². The van der Waals surface area contributed by atoms with Gasteiger partial charge in [-0.15, -0.1) is 0 Å². The van der Waals surface area contributed by atoms with Crippen LogP contribution in [0.1, 0.15) is 25.3 Å². The molecular weight excluding hydrogens is 207 g/mol. The predicted octanol–water partition coefficient (Wildman–Crippen LogP) is 2.64. The predicted molar refractivity (Wildman–Crippen MR) is 58.5 cm³/mol. The summed E-state index contributed by atoms with van der Waals surface area (Å²) in [5.74, 6) is 0.895. The van der Waals surface area contributed by atoms with Crippen molar-refractivity contribution in [3.63, 3.8) is 0 Å². The van der Waals surface area contributed by atoms with Crippen LogP contribution in [0.4, 0.5) is 4.39 Å². The number of halogens is 1. The minimum atomic E-state index is -0.289. The minimum Gasteiger partial charge on any atom is -0.439 e. The number of fused-ring (bicyclic) bond motifs is 1. The van der Waals surface area contributed by atoms with Gasteiger partial charge in [-0.25, -0.2) is 9.37 Å². The van der Waals surface area contributed by atoms with E-state index in [1.165, 1.54) is 12.1 Å². The fraction of sp³-hybridized carbons (Fsp3) is 0.417. The Bertz CT molecular complexity index is 523. The summed E-state index contributed by atoms with van der Waals surface area (Å²) < 4.78 is 18.6. The third kappa shape index (κ3) is 1.50. The Labute approximate surface area is 92.7 Å². The number of oxazole rings is 1. The van der Waals surface area contributed by atoms with E-state index in [1.807, 2.05) is 0 Å². The molecule has 0 aliphatic carbocycles. The van der Waals surface area contributed by atoms with Gasteiger partial charge in [0.15, 0.2) is 5.58 Å². The maximum atomic E-state index is 13.0. The minimum absolute atomic E-state index is 0.162. The van der Waals surface area contributed by atoms with Crippen LogP contribution in [-0.4, -0.2) is 11.5 Å². The molecule has 1 aromatic heterocycles. The molecule has 1 aromatic carbocycles. The molecule has 84 valence electrons. The molecule has 2 atom stereocenters. The van der Waals surface area contributed by atoms with E-state index in [1.54, 1.807) is 6.07 Å². The highest BCUT2D eigenvalue weighted by atomic mass is 19.1. The highest BCUT2D eigenvalue weighted by Gasteiger charge is 2.28. The molecule has 4 heteroatoms. The van der Waals surface area contributed by atoms with Crippen LogP contribution in [0.3, 0.4) is 0 Å². The second-order valence-electron chi connectivity index (χ2n) is 4.36. The van der Waals surface area contributed by atoms with Crippen molar-refractivity contribution in [2.24, 2.45) is 5.92 Å². The van der Waals surface area contributed by atoms with Gasteiger partial charge >= 0.3 is 0 Å². The molecule has 0 amide bonds. The zero-order chi connectivity index (χ0) is 11.1. The zero-order valence-electron chi connectivity index (χ0n) is 9.03. The number of hydrogen-bond donors (Lipinski definition) is 1. The maximum absolute atomic E-state index is 13.0. The van der Waals surface area contributed by atoms with Crippen molar-refractivity contribution in [2.75, 3.05) is 6.54 Å². The van der Waals surface area contributed by atoms with E-state index in [-0.39, 0.29) is 11.9 Å². The number of nitrogens with zero attached hydrogens (tertiary/aromatic N) is 1. The van der Waals surface area contributed by atoms with Crippen molar-refractivity contribution < 1.29 is 8.81 Å². The van der Waals surface area contributed by atoms with Gasteiger partial charge in [0.1, 0.15) is 11.3 Å². The monoisotopic (exact) mass is 220 g/mol. The lowest BCUT2D eigenvalue weighted by molar-refractivity contribution is 0.393. The first-order valence-corrected chi connectivity index (χ1v) is 5.53. The molecule has 3 rings (SSSR count). The molecule has 0 bridgehead atoms. The highest BCUT2D eigenvalue weighted by molar-refractivity contribution is 5.72. The van der Waals surface area contributed by atoms with Crippen LogP contribution in [0.25, 0.3) is 11.1 Å². The van der Waals surface area contributed by atoms with Gasteiger partial charge in [0.25, 0.3) is 0 Å². The Balaban J connectivity index is 2.04. The number of aromatic nitrogens is 1. The Morgan fingerprint density at radius 1 is 1.50 bits per heavy atom. The van der Waals surface area contributed by atoms with E-state index in [9.17, 15) is 4.39 Å². The summed E-state index contributed by atoms with van der Waals surface area (Å²) in [5.41, 5.74) is 1.24. The summed E-state index contributed by atoms with van der Waals surface area (Å²) in [7, 11) is 0. The average Bonchev–Trinajstić information content (AvgIpc) is 2.82. The molecule has 2 aromatic rings. The largest absolute Gasteiger partial charge is 0.439 e. The van der Waals surface area contributed by atoms with E-state index in [2.05, 4.69) is 17.2 Å². The summed E-state index contributed by atoms with van der Waals surface area (Å²) in [6.07, 6.45) is 1.12. The molecule has 0 saturated carbocycles. The first-order chi connectivity index (χ1) is 7.74. The lowest BCUT2D eigenvalue weighted by Gasteiger charge is -2.10. The fourth-order valence-electron chi connectivity index (χ4n) is 2.21. The first-order valence-electron chi connectivity index (χ1n) is 5.53. The van der Waals surface area contributed by atoms with Gasteiger partial charge in [-0.3, -0.25) is 0 Å². The van der Waals surface area contributed by atoms with Gasteiger partial charge in [0, 0.05) is 6.07 Å². The third-order valence-electron chi connectivity index (χ3n) is 3.17. The van der Waals surface area contributed by atoms with Crippen LogP contribution in [-0.2, 0) is 0 Å². The van der Waals surface area contributed by atoms with Gasteiger partial charge in [0.05, 0.1) is 6.04 Å². The second kappa shape index (κ2) is 3.56. The number of nitrogens with one attached hydrogen (secondary N) is 1. The molecule has 1 N–H and O–H groups in total. The van der Waals surface area contributed by atoms with Crippen molar-refractivity contribution >= 4 is 11.1 Å². The Kier molecular flexibility index (Phi) is 2.17. The van der Waals surface area contributed by atoms with Crippen LogP contribution in [0.2, 0.25) is 0 Å². The van der Waals surface area contributed by atoms with E-state index in [4.69, 9.17) is 4.42 Å². The quantitative estimate of drug-likeness (QED) is 0.802. The summed E-state index contributed by atoms with van der Waals surface area (Å²) in [6.45, 7) is 3.15. The van der Waals surface area contributed by atoms with Gasteiger partial charge in [-0.05, 0) is 31.0 Å². The standard InChI is InChI=1S/C12H13FN2O/c1-7-4-5-14-11(7)12-15-9-3-2-8(13)6-10(9)16-12/h2-3,6-7,11,14H,4-5H2,1H3. The van der Waals surface area contributed by atoms with Crippen LogP contribution < -0.4 is 5.32 Å². The molecule has 1 aliphatic heterocycles. The molecule has 1 saturated heterocycles. The molecular formula is C12H13FN2O. The van der Waals surface area contributed by atoms with Crippen LogP contribution in [0.15, 0.2) is 22.6 Å². The van der Waals surface area contributed by atoms with E-state index >= 15 is 0 Å². The first kappa shape index (κ1) is 9.78. The van der Waals surface area contributed by atoms with Crippen LogP contribution >= 0.6 is 0 Å². The van der Waals surface area contributed by atoms with Crippen molar-refractivity contribution in [2.45, 2.75) is 19.4 Å². The maximum Gasteiger partial charge on any atom is 0.212 e. The molecule has 0 radical (unpaired) electrons. The Morgan fingerprint density at radius 3 is 3.12 bits per heavy atom. The van der Waals surface area contributed by atoms with Gasteiger partial charge in [-0.1, -0.05) is 6.92 Å². The van der Waals surface area contributed by atoms with Gasteiger partial charge in [-0.2, -0.15) is 0 Å². The van der Waals surface area contributed by atoms with Gasteiger partial charge < -0.3 is 9.73 Å². The molecule has 3 nitrogen and oxygen atoms in total. The van der Waals surface area contributed by atoms with E-state index in [0.717, 1.165) is 18.5 Å². The average molecular weight is 220 g/mol. The smallest absolute Gasteiger partial charge is 0.212 e. The summed E-state index contributed by atoms with van der Waals surface area (Å²) in [6, 6.07) is 4.60. The molecule has 2 unspecified atom stereocenters. The molecule has 2 heterocycles. The van der Waals surface area contributed by atoms with Crippen molar-refractivity contribution in [3.05, 3.63) is 29.9 Å².